The average Bonchev–Trinajstić information content (AvgIpc) is 2.78. The van der Waals surface area contributed by atoms with Crippen LogP contribution in [0.4, 0.5) is 18.0 Å². The van der Waals surface area contributed by atoms with E-state index in [0.717, 1.165) is 16.9 Å². The third kappa shape index (κ3) is 7.31. The summed E-state index contributed by atoms with van der Waals surface area (Å²) in [6, 6.07) is 5.93. The van der Waals surface area contributed by atoms with E-state index >= 15 is 0 Å². The van der Waals surface area contributed by atoms with Gasteiger partial charge in [0.1, 0.15) is 5.84 Å². The number of amides is 2. The molecule has 2 rings (SSSR count). The number of benzene rings is 1. The molecule has 2 amide bonds. The molecule has 182 valence electrons. The van der Waals surface area contributed by atoms with Crippen LogP contribution in [-0.2, 0) is 0 Å². The Morgan fingerprint density at radius 2 is 1.97 bits per heavy atom. The van der Waals surface area contributed by atoms with Crippen LogP contribution in [0.5, 0.6) is 0 Å². The first kappa shape index (κ1) is 26.4. The average molecular weight is 467 g/mol. The fourth-order valence-corrected chi connectivity index (χ4v) is 3.53. The summed E-state index contributed by atoms with van der Waals surface area (Å²) in [6.07, 6.45) is -4.25. The lowest BCUT2D eigenvalue weighted by Crippen LogP contribution is -2.47. The molecule has 10 heteroatoms. The van der Waals surface area contributed by atoms with E-state index in [2.05, 4.69) is 24.5 Å². The molecule has 1 aliphatic heterocycles. The molecule has 0 bridgehead atoms. The topological polar surface area (TPSA) is 118 Å². The van der Waals surface area contributed by atoms with Gasteiger partial charge in [-0.2, -0.15) is 13.2 Å². The number of nitrogens with zero attached hydrogens (tertiary/aromatic N) is 1. The molecule has 1 saturated heterocycles. The van der Waals surface area contributed by atoms with Crippen molar-refractivity contribution in [1.82, 2.24) is 15.5 Å². The van der Waals surface area contributed by atoms with Crippen LogP contribution in [0.15, 0.2) is 35.5 Å². The Morgan fingerprint density at radius 1 is 1.33 bits per heavy atom. The molecule has 6 N–H and O–H groups in total. The number of nitrogens with one attached hydrogen (secondary N) is 4. The highest BCUT2D eigenvalue weighted by atomic mass is 19.4. The molecule has 2 atom stereocenters. The van der Waals surface area contributed by atoms with E-state index in [1.165, 1.54) is 0 Å². The van der Waals surface area contributed by atoms with Crippen molar-refractivity contribution < 1.29 is 18.0 Å². The standard InChI is InChI=1S/C23H33F3N6O/c1-4-14(2)16-5-7-17(8-6-16)21(29)32(12-10-23(24,25)26)22(33)31-13-19(27)18-9-11-30-15(3)20(18)28/h5-8,14-15,28-30H,4,9-13,27H2,1-3H3,(H,31,33)/b19-18-,28-20?,29-21?. The molecule has 1 aromatic carbocycles. The van der Waals surface area contributed by atoms with Crippen LogP contribution >= 0.6 is 0 Å². The molecule has 0 radical (unpaired) electrons. The van der Waals surface area contributed by atoms with Gasteiger partial charge >= 0.3 is 12.2 Å². The summed E-state index contributed by atoms with van der Waals surface area (Å²) in [6.45, 7) is 5.78. The molecule has 0 aromatic heterocycles. The maximum Gasteiger partial charge on any atom is 0.390 e. The van der Waals surface area contributed by atoms with Crippen molar-refractivity contribution in [3.63, 3.8) is 0 Å². The number of amidine groups is 1. The number of urea groups is 1. The second-order valence-electron chi connectivity index (χ2n) is 8.30. The molecule has 33 heavy (non-hydrogen) atoms. The van der Waals surface area contributed by atoms with Gasteiger partial charge in [-0.15, -0.1) is 0 Å². The Kier molecular flexibility index (Phi) is 9.04. The zero-order chi connectivity index (χ0) is 24.8. The molecule has 2 unspecified atom stereocenters. The van der Waals surface area contributed by atoms with Gasteiger partial charge in [0.2, 0.25) is 0 Å². The number of halogens is 3. The van der Waals surface area contributed by atoms with Crippen LogP contribution in [0.1, 0.15) is 57.1 Å². The lowest BCUT2D eigenvalue weighted by molar-refractivity contribution is -0.135. The Labute approximate surface area is 192 Å². The van der Waals surface area contributed by atoms with Gasteiger partial charge in [-0.05, 0) is 43.4 Å². The number of piperidine rings is 1. The molecule has 0 aliphatic carbocycles. The van der Waals surface area contributed by atoms with Crippen LogP contribution in [0.3, 0.4) is 0 Å². The van der Waals surface area contributed by atoms with E-state index in [4.69, 9.17) is 16.6 Å². The molecule has 0 saturated carbocycles. The van der Waals surface area contributed by atoms with Crippen LogP contribution in [0.2, 0.25) is 0 Å². The predicted octanol–water partition coefficient (Wildman–Crippen LogP) is 4.10. The quantitative estimate of drug-likeness (QED) is 0.307. The van der Waals surface area contributed by atoms with Crippen LogP contribution < -0.4 is 16.4 Å². The van der Waals surface area contributed by atoms with Crippen molar-refractivity contribution in [3.05, 3.63) is 46.7 Å². The monoisotopic (exact) mass is 466 g/mol. The minimum Gasteiger partial charge on any atom is -0.400 e. The van der Waals surface area contributed by atoms with Gasteiger partial charge in [0, 0.05) is 23.8 Å². The van der Waals surface area contributed by atoms with Gasteiger partial charge in [0.15, 0.2) is 0 Å². The highest BCUT2D eigenvalue weighted by Crippen LogP contribution is 2.22. The highest BCUT2D eigenvalue weighted by molar-refractivity contribution is 6.06. The number of carbonyl (C=O) groups is 1. The molecular weight excluding hydrogens is 433 g/mol. The van der Waals surface area contributed by atoms with Crippen LogP contribution in [0, 0.1) is 10.8 Å². The first-order chi connectivity index (χ1) is 15.4. The van der Waals surface area contributed by atoms with Crippen molar-refractivity contribution in [3.8, 4) is 0 Å². The largest absolute Gasteiger partial charge is 0.400 e. The summed E-state index contributed by atoms with van der Waals surface area (Å²) >= 11 is 0. The number of nitrogens with two attached hydrogens (primary N) is 1. The van der Waals surface area contributed by atoms with E-state index in [-0.39, 0.29) is 18.4 Å². The molecule has 7 nitrogen and oxygen atoms in total. The SMILES string of the molecule is CCC(C)c1ccc(C(=N)N(CCC(F)(F)F)C(=O)NC/C(N)=C2\CCNC(C)C2=N)cc1. The van der Waals surface area contributed by atoms with Crippen LogP contribution in [-0.4, -0.2) is 54.3 Å². The van der Waals surface area contributed by atoms with E-state index in [1.54, 1.807) is 12.1 Å². The molecule has 0 spiro atoms. The van der Waals surface area contributed by atoms with Gasteiger partial charge in [-0.25, -0.2) is 4.79 Å². The van der Waals surface area contributed by atoms with Crippen molar-refractivity contribution in [2.24, 2.45) is 5.73 Å². The number of rotatable bonds is 7. The molecule has 1 fully saturated rings. The number of hydrogen-bond acceptors (Lipinski definition) is 5. The maximum atomic E-state index is 12.9. The summed E-state index contributed by atoms with van der Waals surface area (Å²) in [5.41, 5.74) is 8.73. The fourth-order valence-electron chi connectivity index (χ4n) is 3.53. The predicted molar refractivity (Wildman–Crippen MR) is 124 cm³/mol. The summed E-state index contributed by atoms with van der Waals surface area (Å²) in [4.78, 5) is 13.6. The summed E-state index contributed by atoms with van der Waals surface area (Å²) < 4.78 is 38.6. The van der Waals surface area contributed by atoms with Gasteiger partial charge in [-0.3, -0.25) is 10.3 Å². The Bertz CT molecular complexity index is 894. The van der Waals surface area contributed by atoms with Crippen molar-refractivity contribution in [2.45, 2.75) is 58.2 Å². The Morgan fingerprint density at radius 3 is 2.55 bits per heavy atom. The third-order valence-corrected chi connectivity index (χ3v) is 5.90. The third-order valence-electron chi connectivity index (χ3n) is 5.90. The first-order valence-corrected chi connectivity index (χ1v) is 11.0. The smallest absolute Gasteiger partial charge is 0.390 e. The van der Waals surface area contributed by atoms with Crippen molar-refractivity contribution in [1.29, 1.82) is 10.8 Å². The Hall–Kier alpha value is -2.88. The summed E-state index contributed by atoms with van der Waals surface area (Å²) in [5, 5.41) is 22.2. The van der Waals surface area contributed by atoms with E-state index < -0.39 is 25.2 Å². The van der Waals surface area contributed by atoms with E-state index in [0.29, 0.717) is 41.4 Å². The second-order valence-corrected chi connectivity index (χ2v) is 8.30. The van der Waals surface area contributed by atoms with E-state index in [1.807, 2.05) is 19.1 Å². The fraction of sp³-hybridized carbons (Fsp3) is 0.522. The summed E-state index contributed by atoms with van der Waals surface area (Å²) in [5.74, 6) is -0.00720. The minimum atomic E-state index is -4.47. The second kappa shape index (κ2) is 11.3. The zero-order valence-electron chi connectivity index (χ0n) is 19.3. The zero-order valence-corrected chi connectivity index (χ0v) is 19.3. The molecule has 1 aliphatic rings. The van der Waals surface area contributed by atoms with Crippen molar-refractivity contribution in [2.75, 3.05) is 19.6 Å². The first-order valence-electron chi connectivity index (χ1n) is 11.0. The summed E-state index contributed by atoms with van der Waals surface area (Å²) in [7, 11) is 0. The lowest BCUT2D eigenvalue weighted by atomic mass is 9.95. The minimum absolute atomic E-state index is 0.119. The Balaban J connectivity index is 2.17. The van der Waals surface area contributed by atoms with Gasteiger partial charge in [-0.1, -0.05) is 38.1 Å². The van der Waals surface area contributed by atoms with E-state index in [9.17, 15) is 18.0 Å². The lowest BCUT2D eigenvalue weighted by Gasteiger charge is -2.27. The van der Waals surface area contributed by atoms with Gasteiger partial charge in [0.25, 0.3) is 0 Å². The highest BCUT2D eigenvalue weighted by Gasteiger charge is 2.31. The van der Waals surface area contributed by atoms with Crippen LogP contribution in [0.25, 0.3) is 0 Å². The number of alkyl halides is 3. The van der Waals surface area contributed by atoms with Crippen molar-refractivity contribution >= 4 is 17.6 Å². The van der Waals surface area contributed by atoms with Gasteiger partial charge in [0.05, 0.1) is 18.7 Å². The maximum absolute atomic E-state index is 12.9. The van der Waals surface area contributed by atoms with Gasteiger partial charge < -0.3 is 21.8 Å². The normalized spacial score (nSPS) is 19.1. The molecular formula is C23H33F3N6O. The molecule has 1 heterocycles. The number of hydrogen-bond donors (Lipinski definition) is 5. The molecule has 1 aromatic rings. The number of carbonyl (C=O) groups excluding carboxylic acids is 1.